The number of rotatable bonds is 9. The van der Waals surface area contributed by atoms with Crippen molar-refractivity contribution in [3.63, 3.8) is 0 Å². The average molecular weight is 508 g/mol. The molecule has 0 bridgehead atoms. The van der Waals surface area contributed by atoms with Gasteiger partial charge in [0.1, 0.15) is 11.6 Å². The number of anilines is 1. The summed E-state index contributed by atoms with van der Waals surface area (Å²) in [4.78, 5) is 29.4. The number of thioether (sulfide) groups is 1. The van der Waals surface area contributed by atoms with Crippen LogP contribution in [0.1, 0.15) is 36.1 Å². The number of benzene rings is 2. The maximum absolute atomic E-state index is 12.7. The maximum Gasteiger partial charge on any atom is 0.253 e. The summed E-state index contributed by atoms with van der Waals surface area (Å²) in [6, 6.07) is 11.3. The predicted octanol–water partition coefficient (Wildman–Crippen LogP) is 4.98. The SMILES string of the molecule is COc1ccc(NC(=O)CSc2n[nH]c([C@@H](NC(=O)c3ccc(Cl)cc3Cl)C(C)C)n2)cc1. The summed E-state index contributed by atoms with van der Waals surface area (Å²) in [5, 5.41) is 13.9. The van der Waals surface area contributed by atoms with Gasteiger partial charge in [0.05, 0.1) is 29.5 Å². The van der Waals surface area contributed by atoms with Gasteiger partial charge in [-0.25, -0.2) is 4.98 Å². The molecular formula is C22H23Cl2N5O3S. The fourth-order valence-electron chi connectivity index (χ4n) is 2.91. The van der Waals surface area contributed by atoms with E-state index in [1.807, 2.05) is 13.8 Å². The molecular weight excluding hydrogens is 485 g/mol. The molecule has 0 aliphatic heterocycles. The molecule has 3 rings (SSSR count). The standard InChI is InChI=1S/C22H23Cl2N5O3S/c1-12(2)19(26-21(31)16-9-4-13(23)10-17(16)24)20-27-22(29-28-20)33-11-18(30)25-14-5-7-15(32-3)8-6-14/h4-10,12,19H,11H2,1-3H3,(H,25,30)(H,26,31)(H,27,28,29)/t19-/m0/s1. The zero-order chi connectivity index (χ0) is 24.0. The number of carbonyl (C=O) groups is 2. The average Bonchev–Trinajstić information content (AvgIpc) is 3.25. The van der Waals surface area contributed by atoms with Crippen LogP contribution in [-0.2, 0) is 4.79 Å². The Bertz CT molecular complexity index is 1120. The van der Waals surface area contributed by atoms with Gasteiger partial charge in [0.2, 0.25) is 11.1 Å². The number of nitrogens with one attached hydrogen (secondary N) is 3. The number of aromatic amines is 1. The highest BCUT2D eigenvalue weighted by atomic mass is 35.5. The van der Waals surface area contributed by atoms with E-state index in [9.17, 15) is 9.59 Å². The molecule has 0 saturated carbocycles. The van der Waals surface area contributed by atoms with Gasteiger partial charge in [0, 0.05) is 10.7 Å². The molecule has 0 unspecified atom stereocenters. The third-order valence-corrected chi connectivity index (χ3v) is 6.01. The molecule has 0 saturated heterocycles. The molecule has 0 spiro atoms. The molecule has 1 heterocycles. The Kier molecular flexibility index (Phi) is 8.60. The summed E-state index contributed by atoms with van der Waals surface area (Å²) in [5.41, 5.74) is 0.983. The molecule has 3 aromatic rings. The lowest BCUT2D eigenvalue weighted by molar-refractivity contribution is -0.113. The van der Waals surface area contributed by atoms with E-state index < -0.39 is 6.04 Å². The highest BCUT2D eigenvalue weighted by Crippen LogP contribution is 2.25. The monoisotopic (exact) mass is 507 g/mol. The van der Waals surface area contributed by atoms with Gasteiger partial charge >= 0.3 is 0 Å². The van der Waals surface area contributed by atoms with Crippen LogP contribution >= 0.6 is 35.0 Å². The first-order valence-electron chi connectivity index (χ1n) is 10.0. The third kappa shape index (κ3) is 6.86. The Labute approximate surface area is 205 Å². The largest absolute Gasteiger partial charge is 0.497 e. The summed E-state index contributed by atoms with van der Waals surface area (Å²) in [7, 11) is 1.58. The van der Waals surface area contributed by atoms with E-state index in [0.717, 1.165) is 0 Å². The topological polar surface area (TPSA) is 109 Å². The molecule has 8 nitrogen and oxygen atoms in total. The summed E-state index contributed by atoms with van der Waals surface area (Å²) in [6.45, 7) is 3.90. The third-order valence-electron chi connectivity index (χ3n) is 4.61. The Morgan fingerprint density at radius 2 is 1.88 bits per heavy atom. The molecule has 33 heavy (non-hydrogen) atoms. The number of nitrogens with zero attached hydrogens (tertiary/aromatic N) is 2. The number of methoxy groups -OCH3 is 1. The van der Waals surface area contributed by atoms with Gasteiger partial charge in [0.15, 0.2) is 0 Å². The van der Waals surface area contributed by atoms with Crippen molar-refractivity contribution < 1.29 is 14.3 Å². The summed E-state index contributed by atoms with van der Waals surface area (Å²) < 4.78 is 5.10. The lowest BCUT2D eigenvalue weighted by atomic mass is 10.0. The molecule has 0 fully saturated rings. The Balaban J connectivity index is 1.60. The lowest BCUT2D eigenvalue weighted by Gasteiger charge is -2.20. The van der Waals surface area contributed by atoms with Crippen LogP contribution in [0.25, 0.3) is 0 Å². The first-order valence-corrected chi connectivity index (χ1v) is 11.8. The van der Waals surface area contributed by atoms with E-state index in [4.69, 9.17) is 27.9 Å². The van der Waals surface area contributed by atoms with Crippen molar-refractivity contribution in [3.05, 3.63) is 63.9 Å². The maximum atomic E-state index is 12.7. The number of H-pyrrole nitrogens is 1. The molecule has 2 amide bonds. The van der Waals surface area contributed by atoms with Crippen LogP contribution in [0.3, 0.4) is 0 Å². The first-order chi connectivity index (χ1) is 15.8. The minimum absolute atomic E-state index is 0.0178. The van der Waals surface area contributed by atoms with Gasteiger partial charge in [-0.05, 0) is 48.4 Å². The molecule has 0 radical (unpaired) electrons. The van der Waals surface area contributed by atoms with E-state index in [1.54, 1.807) is 43.5 Å². The van der Waals surface area contributed by atoms with Crippen LogP contribution in [0.4, 0.5) is 5.69 Å². The van der Waals surface area contributed by atoms with Crippen molar-refractivity contribution in [2.45, 2.75) is 25.0 Å². The molecule has 1 atom stereocenters. The quantitative estimate of drug-likeness (QED) is 0.352. The van der Waals surface area contributed by atoms with Gasteiger partial charge < -0.3 is 15.4 Å². The van der Waals surface area contributed by atoms with Crippen LogP contribution in [-0.4, -0.2) is 39.9 Å². The van der Waals surface area contributed by atoms with E-state index in [0.29, 0.717) is 33.0 Å². The molecule has 3 N–H and O–H groups in total. The van der Waals surface area contributed by atoms with Crippen LogP contribution in [0.5, 0.6) is 5.75 Å². The second-order valence-corrected chi connectivity index (χ2v) is 9.17. The van der Waals surface area contributed by atoms with Crippen molar-refractivity contribution in [3.8, 4) is 5.75 Å². The van der Waals surface area contributed by atoms with E-state index in [2.05, 4.69) is 25.8 Å². The van der Waals surface area contributed by atoms with Crippen LogP contribution in [0.15, 0.2) is 47.6 Å². The fraction of sp³-hybridized carbons (Fsp3) is 0.273. The van der Waals surface area contributed by atoms with Crippen LogP contribution in [0.2, 0.25) is 10.0 Å². The van der Waals surface area contributed by atoms with Gasteiger partial charge in [-0.15, -0.1) is 5.10 Å². The second-order valence-electron chi connectivity index (χ2n) is 7.39. The highest BCUT2D eigenvalue weighted by molar-refractivity contribution is 7.99. The van der Waals surface area contributed by atoms with Gasteiger partial charge in [0.25, 0.3) is 5.91 Å². The minimum Gasteiger partial charge on any atom is -0.497 e. The normalized spacial score (nSPS) is 11.8. The number of amides is 2. The molecule has 174 valence electrons. The van der Waals surface area contributed by atoms with Crippen molar-refractivity contribution in [2.75, 3.05) is 18.2 Å². The Morgan fingerprint density at radius 3 is 2.52 bits per heavy atom. The van der Waals surface area contributed by atoms with Gasteiger partial charge in [-0.3, -0.25) is 14.7 Å². The summed E-state index contributed by atoms with van der Waals surface area (Å²) >= 11 is 13.2. The van der Waals surface area contributed by atoms with Crippen molar-refractivity contribution >= 4 is 52.5 Å². The van der Waals surface area contributed by atoms with Crippen LogP contribution in [0, 0.1) is 5.92 Å². The molecule has 0 aliphatic rings. The summed E-state index contributed by atoms with van der Waals surface area (Å²) in [5.74, 6) is 0.802. The number of halogens is 2. The van der Waals surface area contributed by atoms with Crippen molar-refractivity contribution in [1.82, 2.24) is 20.5 Å². The zero-order valence-corrected chi connectivity index (χ0v) is 20.5. The Hall–Kier alpha value is -2.75. The molecule has 0 aliphatic carbocycles. The first kappa shape index (κ1) is 24.9. The fourth-order valence-corrected chi connectivity index (χ4v) is 4.01. The zero-order valence-electron chi connectivity index (χ0n) is 18.2. The van der Waals surface area contributed by atoms with E-state index in [1.165, 1.54) is 17.8 Å². The lowest BCUT2D eigenvalue weighted by Crippen LogP contribution is -2.32. The van der Waals surface area contributed by atoms with Gasteiger partial charge in [-0.2, -0.15) is 0 Å². The number of carbonyl (C=O) groups excluding carboxylic acids is 2. The van der Waals surface area contributed by atoms with Gasteiger partial charge in [-0.1, -0.05) is 48.8 Å². The predicted molar refractivity (Wildman–Crippen MR) is 130 cm³/mol. The molecule has 11 heteroatoms. The van der Waals surface area contributed by atoms with Crippen molar-refractivity contribution in [1.29, 1.82) is 0 Å². The van der Waals surface area contributed by atoms with E-state index in [-0.39, 0.29) is 28.5 Å². The number of hydrogen-bond acceptors (Lipinski definition) is 6. The second kappa shape index (κ2) is 11.4. The van der Waals surface area contributed by atoms with E-state index >= 15 is 0 Å². The molecule has 2 aromatic carbocycles. The Morgan fingerprint density at radius 1 is 1.15 bits per heavy atom. The number of ether oxygens (including phenoxy) is 1. The molecule has 1 aromatic heterocycles. The minimum atomic E-state index is -0.431. The van der Waals surface area contributed by atoms with Crippen LogP contribution < -0.4 is 15.4 Å². The van der Waals surface area contributed by atoms with Crippen molar-refractivity contribution in [2.24, 2.45) is 5.92 Å². The number of hydrogen-bond donors (Lipinski definition) is 3. The highest BCUT2D eigenvalue weighted by Gasteiger charge is 2.24. The smallest absolute Gasteiger partial charge is 0.253 e. The summed E-state index contributed by atoms with van der Waals surface area (Å²) in [6.07, 6.45) is 0. The number of aromatic nitrogens is 3.